The van der Waals surface area contributed by atoms with Crippen molar-refractivity contribution < 1.29 is 13.5 Å². The standard InChI is InChI=1S/C12H15N3O3S2/c16-11-3-1-9(2-4-11)7-13-15-12(19)14-10-5-6-20(17,18)8-10/h1-4,7,10,16H,5-6,8H2,(H2,14,15,19)/b13-7+/t10-/m1/s1. The van der Waals surface area contributed by atoms with Crippen molar-refractivity contribution in [1.82, 2.24) is 10.7 Å². The maximum absolute atomic E-state index is 11.3. The van der Waals surface area contributed by atoms with Crippen LogP contribution in [0.5, 0.6) is 5.75 Å². The maximum atomic E-state index is 11.3. The van der Waals surface area contributed by atoms with Crippen molar-refractivity contribution in [3.05, 3.63) is 29.8 Å². The van der Waals surface area contributed by atoms with Crippen molar-refractivity contribution in [1.29, 1.82) is 0 Å². The minimum atomic E-state index is -2.92. The van der Waals surface area contributed by atoms with E-state index in [1.807, 2.05) is 0 Å². The highest BCUT2D eigenvalue weighted by Crippen LogP contribution is 2.11. The smallest absolute Gasteiger partial charge is 0.187 e. The first-order chi connectivity index (χ1) is 9.44. The van der Waals surface area contributed by atoms with Gasteiger partial charge in [-0.25, -0.2) is 8.42 Å². The van der Waals surface area contributed by atoms with Gasteiger partial charge in [0.2, 0.25) is 0 Å². The van der Waals surface area contributed by atoms with E-state index in [9.17, 15) is 8.42 Å². The molecule has 1 atom stereocenters. The molecule has 0 aliphatic carbocycles. The number of rotatable bonds is 3. The van der Waals surface area contributed by atoms with Crippen LogP contribution in [-0.4, -0.2) is 42.4 Å². The van der Waals surface area contributed by atoms with Gasteiger partial charge in [0.1, 0.15) is 5.75 Å². The fourth-order valence-electron chi connectivity index (χ4n) is 1.85. The van der Waals surface area contributed by atoms with Gasteiger partial charge in [-0.05, 0) is 48.5 Å². The monoisotopic (exact) mass is 313 g/mol. The van der Waals surface area contributed by atoms with Crippen molar-refractivity contribution in [2.24, 2.45) is 5.10 Å². The van der Waals surface area contributed by atoms with Crippen molar-refractivity contribution in [2.45, 2.75) is 12.5 Å². The van der Waals surface area contributed by atoms with Gasteiger partial charge in [-0.2, -0.15) is 5.10 Å². The summed E-state index contributed by atoms with van der Waals surface area (Å²) in [7, 11) is -2.92. The Bertz CT molecular complexity index is 611. The van der Waals surface area contributed by atoms with Gasteiger partial charge in [0.15, 0.2) is 14.9 Å². The molecular weight excluding hydrogens is 298 g/mol. The average Bonchev–Trinajstić information content (AvgIpc) is 2.71. The van der Waals surface area contributed by atoms with Crippen molar-refractivity contribution in [3.8, 4) is 5.75 Å². The first-order valence-electron chi connectivity index (χ1n) is 6.04. The number of aromatic hydroxyl groups is 1. The number of sulfone groups is 1. The zero-order valence-electron chi connectivity index (χ0n) is 10.6. The quantitative estimate of drug-likeness (QED) is 0.424. The summed E-state index contributed by atoms with van der Waals surface area (Å²) in [5.74, 6) is 0.496. The normalized spacial score (nSPS) is 20.9. The summed E-state index contributed by atoms with van der Waals surface area (Å²) in [6.45, 7) is 0. The van der Waals surface area contributed by atoms with Gasteiger partial charge in [0.25, 0.3) is 0 Å². The van der Waals surface area contributed by atoms with Crippen LogP contribution in [0, 0.1) is 0 Å². The van der Waals surface area contributed by atoms with Crippen LogP contribution >= 0.6 is 12.2 Å². The zero-order chi connectivity index (χ0) is 14.6. The van der Waals surface area contributed by atoms with E-state index in [1.54, 1.807) is 30.5 Å². The highest BCUT2D eigenvalue weighted by atomic mass is 32.2. The molecular formula is C12H15N3O3S2. The van der Waals surface area contributed by atoms with Crippen LogP contribution in [0.1, 0.15) is 12.0 Å². The molecule has 0 aromatic heterocycles. The SMILES string of the molecule is O=S1(=O)CC[C@@H](NC(=S)N/N=C/c2ccc(O)cc2)C1. The molecule has 108 valence electrons. The third-order valence-corrected chi connectivity index (χ3v) is 4.82. The Morgan fingerprint density at radius 1 is 1.40 bits per heavy atom. The van der Waals surface area contributed by atoms with Crippen LogP contribution < -0.4 is 10.7 Å². The second kappa shape index (κ2) is 6.19. The minimum Gasteiger partial charge on any atom is -0.508 e. The Hall–Kier alpha value is -1.67. The number of phenolic OH excluding ortho intramolecular Hbond substituents is 1. The Morgan fingerprint density at radius 3 is 2.70 bits per heavy atom. The van der Waals surface area contributed by atoms with Gasteiger partial charge in [0.05, 0.1) is 17.7 Å². The highest BCUT2D eigenvalue weighted by molar-refractivity contribution is 7.91. The fourth-order valence-corrected chi connectivity index (χ4v) is 3.75. The average molecular weight is 313 g/mol. The third-order valence-electron chi connectivity index (χ3n) is 2.84. The lowest BCUT2D eigenvalue weighted by Crippen LogP contribution is -2.40. The molecule has 0 bridgehead atoms. The van der Waals surface area contributed by atoms with Crippen LogP contribution in [0.3, 0.4) is 0 Å². The minimum absolute atomic E-state index is 0.108. The van der Waals surface area contributed by atoms with Gasteiger partial charge in [0, 0.05) is 6.04 Å². The van der Waals surface area contributed by atoms with E-state index in [2.05, 4.69) is 15.8 Å². The first kappa shape index (κ1) is 14.7. The van der Waals surface area contributed by atoms with E-state index >= 15 is 0 Å². The molecule has 8 heteroatoms. The Balaban J connectivity index is 1.79. The van der Waals surface area contributed by atoms with E-state index in [-0.39, 0.29) is 23.3 Å². The number of hydrogen-bond donors (Lipinski definition) is 3. The number of phenols is 1. The molecule has 1 aliphatic heterocycles. The second-order valence-electron chi connectivity index (χ2n) is 4.53. The molecule has 2 rings (SSSR count). The van der Waals surface area contributed by atoms with E-state index in [0.29, 0.717) is 11.5 Å². The summed E-state index contributed by atoms with van der Waals surface area (Å²) in [6.07, 6.45) is 2.12. The van der Waals surface area contributed by atoms with Gasteiger partial charge in [-0.1, -0.05) is 0 Å². The Kier molecular flexibility index (Phi) is 4.56. The zero-order valence-corrected chi connectivity index (χ0v) is 12.2. The Labute approximate surface area is 122 Å². The van der Waals surface area contributed by atoms with Gasteiger partial charge >= 0.3 is 0 Å². The molecule has 1 aliphatic rings. The summed E-state index contributed by atoms with van der Waals surface area (Å²) in [5.41, 5.74) is 3.44. The highest BCUT2D eigenvalue weighted by Gasteiger charge is 2.27. The van der Waals surface area contributed by atoms with Crippen LogP contribution in [0.2, 0.25) is 0 Å². The van der Waals surface area contributed by atoms with E-state index in [1.165, 1.54) is 0 Å². The molecule has 1 saturated heterocycles. The number of benzene rings is 1. The summed E-state index contributed by atoms with van der Waals surface area (Å²) in [4.78, 5) is 0. The molecule has 1 aromatic carbocycles. The van der Waals surface area contributed by atoms with Crippen LogP contribution in [-0.2, 0) is 9.84 Å². The summed E-state index contributed by atoms with van der Waals surface area (Å²) < 4.78 is 22.6. The molecule has 0 saturated carbocycles. The Morgan fingerprint density at radius 2 is 2.10 bits per heavy atom. The first-order valence-corrected chi connectivity index (χ1v) is 8.27. The molecule has 0 spiro atoms. The van der Waals surface area contributed by atoms with E-state index in [4.69, 9.17) is 17.3 Å². The van der Waals surface area contributed by atoms with E-state index in [0.717, 1.165) is 5.56 Å². The number of hydrogen-bond acceptors (Lipinski definition) is 5. The number of thiocarbonyl (C=S) groups is 1. The molecule has 20 heavy (non-hydrogen) atoms. The van der Waals surface area contributed by atoms with Crippen LogP contribution in [0.4, 0.5) is 0 Å². The topological polar surface area (TPSA) is 90.8 Å². The molecule has 1 fully saturated rings. The number of hydrazone groups is 1. The molecule has 0 unspecified atom stereocenters. The lowest BCUT2D eigenvalue weighted by Gasteiger charge is -2.11. The molecule has 3 N–H and O–H groups in total. The summed E-state index contributed by atoms with van der Waals surface area (Å²) in [6, 6.07) is 6.38. The predicted molar refractivity (Wildman–Crippen MR) is 81.6 cm³/mol. The summed E-state index contributed by atoms with van der Waals surface area (Å²) in [5, 5.41) is 16.3. The van der Waals surface area contributed by atoms with Crippen molar-refractivity contribution in [2.75, 3.05) is 11.5 Å². The lowest BCUT2D eigenvalue weighted by atomic mass is 10.2. The molecule has 0 radical (unpaired) electrons. The fraction of sp³-hybridized carbons (Fsp3) is 0.333. The van der Waals surface area contributed by atoms with Crippen LogP contribution in [0.25, 0.3) is 0 Å². The molecule has 6 nitrogen and oxygen atoms in total. The van der Waals surface area contributed by atoms with Crippen LogP contribution in [0.15, 0.2) is 29.4 Å². The largest absolute Gasteiger partial charge is 0.508 e. The molecule has 1 heterocycles. The van der Waals surface area contributed by atoms with Crippen molar-refractivity contribution in [3.63, 3.8) is 0 Å². The second-order valence-corrected chi connectivity index (χ2v) is 7.17. The van der Waals surface area contributed by atoms with Gasteiger partial charge in [-0.15, -0.1) is 0 Å². The maximum Gasteiger partial charge on any atom is 0.187 e. The number of nitrogens with zero attached hydrogens (tertiary/aromatic N) is 1. The number of nitrogens with one attached hydrogen (secondary N) is 2. The van der Waals surface area contributed by atoms with Gasteiger partial charge < -0.3 is 10.4 Å². The van der Waals surface area contributed by atoms with Crippen molar-refractivity contribution >= 4 is 33.4 Å². The van der Waals surface area contributed by atoms with E-state index < -0.39 is 9.84 Å². The summed E-state index contributed by atoms with van der Waals surface area (Å²) >= 11 is 5.03. The third kappa shape index (κ3) is 4.46. The van der Waals surface area contributed by atoms with Gasteiger partial charge in [-0.3, -0.25) is 5.43 Å². The molecule has 1 aromatic rings. The predicted octanol–water partition coefficient (Wildman–Crippen LogP) is 0.377. The lowest BCUT2D eigenvalue weighted by molar-refractivity contribution is 0.475. The molecule has 0 amide bonds.